The van der Waals surface area contributed by atoms with Crippen LogP contribution in [0.3, 0.4) is 0 Å². The van der Waals surface area contributed by atoms with Crippen LogP contribution in [0.25, 0.3) is 11.1 Å². The summed E-state index contributed by atoms with van der Waals surface area (Å²) in [6.07, 6.45) is 3.33. The lowest BCUT2D eigenvalue weighted by atomic mass is 9.87. The number of anilines is 2. The molecular weight excluding hydrogens is 336 g/mol. The van der Waals surface area contributed by atoms with Gasteiger partial charge < -0.3 is 11.1 Å². The minimum Gasteiger partial charge on any atom is -0.368 e. The molecule has 3 N–H and O–H groups in total. The summed E-state index contributed by atoms with van der Waals surface area (Å²) in [6, 6.07) is 13.5. The predicted molar refractivity (Wildman–Crippen MR) is 110 cm³/mol. The third kappa shape index (κ3) is 4.31. The molecule has 27 heavy (non-hydrogen) atoms. The molecule has 0 radical (unpaired) electrons. The molecule has 138 valence electrons. The first-order valence-electron chi connectivity index (χ1n) is 8.84. The second-order valence-corrected chi connectivity index (χ2v) is 7.64. The van der Waals surface area contributed by atoms with Crippen LogP contribution in [0.5, 0.6) is 0 Å². The van der Waals surface area contributed by atoms with Crippen molar-refractivity contribution in [2.45, 2.75) is 33.1 Å². The Bertz CT molecular complexity index is 955. The van der Waals surface area contributed by atoms with E-state index < -0.39 is 0 Å². The third-order valence-corrected chi connectivity index (χ3v) is 4.49. The smallest absolute Gasteiger partial charge is 0.255 e. The molecule has 0 saturated carbocycles. The standard InChI is InChI=1S/C22H24N4O/c1-14-5-6-15(11-19(14)16-12-24-21(23)25-13-16)20(27)26-18-9-7-17(8-10-18)22(2,3)4/h5-13H,1-4H3,(H,26,27)(H2,23,24,25). The molecule has 3 aromatic rings. The molecule has 0 aliphatic carbocycles. The summed E-state index contributed by atoms with van der Waals surface area (Å²) in [6.45, 7) is 8.47. The topological polar surface area (TPSA) is 80.9 Å². The van der Waals surface area contributed by atoms with Crippen molar-refractivity contribution in [3.05, 3.63) is 71.5 Å². The summed E-state index contributed by atoms with van der Waals surface area (Å²) in [7, 11) is 0. The van der Waals surface area contributed by atoms with Crippen molar-refractivity contribution >= 4 is 17.5 Å². The lowest BCUT2D eigenvalue weighted by Gasteiger charge is -2.19. The average Bonchev–Trinajstić information content (AvgIpc) is 2.62. The van der Waals surface area contributed by atoms with Gasteiger partial charge in [-0.15, -0.1) is 0 Å². The number of aromatic nitrogens is 2. The number of nitrogens with two attached hydrogens (primary N) is 1. The summed E-state index contributed by atoms with van der Waals surface area (Å²) >= 11 is 0. The first kappa shape index (κ1) is 18.6. The molecule has 1 heterocycles. The lowest BCUT2D eigenvalue weighted by molar-refractivity contribution is 0.102. The van der Waals surface area contributed by atoms with Crippen molar-refractivity contribution in [3.8, 4) is 11.1 Å². The van der Waals surface area contributed by atoms with Gasteiger partial charge in [-0.1, -0.05) is 39.0 Å². The van der Waals surface area contributed by atoms with Crippen molar-refractivity contribution in [3.63, 3.8) is 0 Å². The van der Waals surface area contributed by atoms with Gasteiger partial charge >= 0.3 is 0 Å². The Labute approximate surface area is 159 Å². The maximum absolute atomic E-state index is 12.7. The minimum atomic E-state index is -0.156. The van der Waals surface area contributed by atoms with E-state index in [4.69, 9.17) is 5.73 Å². The van der Waals surface area contributed by atoms with Crippen LogP contribution in [-0.4, -0.2) is 15.9 Å². The van der Waals surface area contributed by atoms with Crippen molar-refractivity contribution in [2.24, 2.45) is 0 Å². The lowest BCUT2D eigenvalue weighted by Crippen LogP contribution is -2.13. The molecule has 0 saturated heterocycles. The Morgan fingerprint density at radius 3 is 2.22 bits per heavy atom. The van der Waals surface area contributed by atoms with E-state index in [1.165, 1.54) is 5.56 Å². The quantitative estimate of drug-likeness (QED) is 0.716. The Hall–Kier alpha value is -3.21. The van der Waals surface area contributed by atoms with Gasteiger partial charge in [0.1, 0.15) is 0 Å². The van der Waals surface area contributed by atoms with Crippen LogP contribution in [0.1, 0.15) is 42.3 Å². The van der Waals surface area contributed by atoms with Crippen LogP contribution in [-0.2, 0) is 5.41 Å². The summed E-state index contributed by atoms with van der Waals surface area (Å²) < 4.78 is 0. The number of nitrogens with one attached hydrogen (secondary N) is 1. The number of nitrogen functional groups attached to an aromatic ring is 1. The van der Waals surface area contributed by atoms with E-state index in [-0.39, 0.29) is 17.3 Å². The molecule has 0 spiro atoms. The van der Waals surface area contributed by atoms with E-state index in [0.717, 1.165) is 22.4 Å². The number of hydrogen-bond donors (Lipinski definition) is 2. The van der Waals surface area contributed by atoms with Crippen LogP contribution in [0.2, 0.25) is 0 Å². The highest BCUT2D eigenvalue weighted by atomic mass is 16.1. The maximum Gasteiger partial charge on any atom is 0.255 e. The number of rotatable bonds is 3. The minimum absolute atomic E-state index is 0.0789. The second kappa shape index (κ2) is 7.19. The zero-order valence-corrected chi connectivity index (χ0v) is 16.1. The van der Waals surface area contributed by atoms with Crippen molar-refractivity contribution in [2.75, 3.05) is 11.1 Å². The molecule has 1 amide bonds. The first-order chi connectivity index (χ1) is 12.7. The van der Waals surface area contributed by atoms with Gasteiger partial charge in [-0.2, -0.15) is 0 Å². The highest BCUT2D eigenvalue weighted by Crippen LogP contribution is 2.26. The fourth-order valence-electron chi connectivity index (χ4n) is 2.81. The summed E-state index contributed by atoms with van der Waals surface area (Å²) in [5, 5.41) is 2.95. The summed E-state index contributed by atoms with van der Waals surface area (Å²) in [5.74, 6) is 0.0696. The number of benzene rings is 2. The first-order valence-corrected chi connectivity index (χ1v) is 8.84. The third-order valence-electron chi connectivity index (χ3n) is 4.49. The van der Waals surface area contributed by atoms with E-state index in [0.29, 0.717) is 5.56 Å². The fourth-order valence-corrected chi connectivity index (χ4v) is 2.81. The van der Waals surface area contributed by atoms with Crippen LogP contribution < -0.4 is 11.1 Å². The van der Waals surface area contributed by atoms with Gasteiger partial charge in [0.05, 0.1) is 0 Å². The van der Waals surface area contributed by atoms with Gasteiger partial charge in [0.2, 0.25) is 5.95 Å². The monoisotopic (exact) mass is 360 g/mol. The number of carbonyl (C=O) groups is 1. The average molecular weight is 360 g/mol. The van der Waals surface area contributed by atoms with Gasteiger partial charge in [0, 0.05) is 29.2 Å². The van der Waals surface area contributed by atoms with Gasteiger partial charge in [-0.25, -0.2) is 9.97 Å². The van der Waals surface area contributed by atoms with Crippen LogP contribution in [0.4, 0.5) is 11.6 Å². The molecular formula is C22H24N4O. The van der Waals surface area contributed by atoms with Crippen LogP contribution in [0, 0.1) is 6.92 Å². The van der Waals surface area contributed by atoms with Gasteiger partial charge in [0.15, 0.2) is 0 Å². The predicted octanol–water partition coefficient (Wildman–Crippen LogP) is 4.58. The van der Waals surface area contributed by atoms with Crippen molar-refractivity contribution in [1.29, 1.82) is 0 Å². The van der Waals surface area contributed by atoms with E-state index in [9.17, 15) is 4.79 Å². The Morgan fingerprint density at radius 1 is 1.00 bits per heavy atom. The zero-order valence-electron chi connectivity index (χ0n) is 16.1. The number of hydrogen-bond acceptors (Lipinski definition) is 4. The Balaban J connectivity index is 1.83. The van der Waals surface area contributed by atoms with Crippen LogP contribution in [0.15, 0.2) is 54.9 Å². The van der Waals surface area contributed by atoms with Gasteiger partial charge in [0.25, 0.3) is 5.91 Å². The van der Waals surface area contributed by atoms with E-state index in [1.54, 1.807) is 12.4 Å². The van der Waals surface area contributed by atoms with Crippen molar-refractivity contribution in [1.82, 2.24) is 9.97 Å². The normalized spacial score (nSPS) is 11.3. The van der Waals surface area contributed by atoms with E-state index in [2.05, 4.69) is 36.1 Å². The highest BCUT2D eigenvalue weighted by Gasteiger charge is 2.14. The van der Waals surface area contributed by atoms with Gasteiger partial charge in [-0.05, 0) is 53.3 Å². The summed E-state index contributed by atoms with van der Waals surface area (Å²) in [4.78, 5) is 20.7. The molecule has 3 rings (SSSR count). The molecule has 0 atom stereocenters. The molecule has 0 aliphatic heterocycles. The molecule has 5 nitrogen and oxygen atoms in total. The van der Waals surface area contributed by atoms with Crippen LogP contribution >= 0.6 is 0 Å². The number of nitrogens with zero attached hydrogens (tertiary/aromatic N) is 2. The summed E-state index contributed by atoms with van der Waals surface area (Å²) in [5.41, 5.74) is 11.0. The van der Waals surface area contributed by atoms with E-state index in [1.807, 2.05) is 49.4 Å². The second-order valence-electron chi connectivity index (χ2n) is 7.64. The van der Waals surface area contributed by atoms with Gasteiger partial charge in [-0.3, -0.25) is 4.79 Å². The SMILES string of the molecule is Cc1ccc(C(=O)Nc2ccc(C(C)(C)C)cc2)cc1-c1cnc(N)nc1. The molecule has 5 heteroatoms. The molecule has 0 unspecified atom stereocenters. The largest absolute Gasteiger partial charge is 0.368 e. The fraction of sp³-hybridized carbons (Fsp3) is 0.227. The molecule has 0 bridgehead atoms. The number of carbonyl (C=O) groups excluding carboxylic acids is 1. The molecule has 1 aromatic heterocycles. The maximum atomic E-state index is 12.7. The number of aryl methyl sites for hydroxylation is 1. The zero-order chi connectivity index (χ0) is 19.6. The Morgan fingerprint density at radius 2 is 1.63 bits per heavy atom. The number of amides is 1. The molecule has 0 fully saturated rings. The Kier molecular flexibility index (Phi) is 4.95. The molecule has 2 aromatic carbocycles. The van der Waals surface area contributed by atoms with E-state index >= 15 is 0 Å². The van der Waals surface area contributed by atoms with Crippen molar-refractivity contribution < 1.29 is 4.79 Å². The molecule has 0 aliphatic rings. The highest BCUT2D eigenvalue weighted by molar-refractivity contribution is 6.05.